The van der Waals surface area contributed by atoms with Crippen molar-refractivity contribution in [1.29, 1.82) is 0 Å². The first kappa shape index (κ1) is 22.9. The molecule has 9 nitrogen and oxygen atoms in total. The van der Waals surface area contributed by atoms with Gasteiger partial charge in [0.25, 0.3) is 5.56 Å². The molecular formula is C23H21F2N5O4. The summed E-state index contributed by atoms with van der Waals surface area (Å²) in [5.41, 5.74) is 1.55. The molecule has 34 heavy (non-hydrogen) atoms. The van der Waals surface area contributed by atoms with E-state index in [4.69, 9.17) is 4.74 Å². The fourth-order valence-corrected chi connectivity index (χ4v) is 3.47. The molecular weight excluding hydrogens is 448 g/mol. The van der Waals surface area contributed by atoms with Gasteiger partial charge in [0.1, 0.15) is 16.9 Å². The minimum absolute atomic E-state index is 0.000506. The molecule has 176 valence electrons. The van der Waals surface area contributed by atoms with Crippen molar-refractivity contribution in [1.82, 2.24) is 19.3 Å². The number of amides is 1. The summed E-state index contributed by atoms with van der Waals surface area (Å²) < 4.78 is 38.4. The molecule has 0 saturated heterocycles. The lowest BCUT2D eigenvalue weighted by Crippen LogP contribution is -2.23. The zero-order chi connectivity index (χ0) is 24.2. The summed E-state index contributed by atoms with van der Waals surface area (Å²) in [6.45, 7) is -2.89. The molecule has 0 atom stereocenters. The van der Waals surface area contributed by atoms with E-state index in [-0.39, 0.29) is 30.2 Å². The van der Waals surface area contributed by atoms with Gasteiger partial charge in [-0.15, -0.1) is 0 Å². The number of nitrogens with zero attached hydrogens (tertiary/aromatic N) is 4. The van der Waals surface area contributed by atoms with Crippen molar-refractivity contribution in [3.8, 4) is 22.6 Å². The number of carbonyl (C=O) groups is 1. The fourth-order valence-electron chi connectivity index (χ4n) is 3.47. The van der Waals surface area contributed by atoms with Gasteiger partial charge in [0.05, 0.1) is 19.6 Å². The number of rotatable bonds is 8. The van der Waals surface area contributed by atoms with Crippen molar-refractivity contribution >= 4 is 22.6 Å². The number of alkyl halides is 2. The average molecular weight is 469 g/mol. The van der Waals surface area contributed by atoms with E-state index in [1.807, 2.05) is 0 Å². The molecule has 0 bridgehead atoms. The number of anilines is 1. The van der Waals surface area contributed by atoms with Crippen LogP contribution < -0.4 is 20.3 Å². The molecule has 4 rings (SSSR count). The zero-order valence-corrected chi connectivity index (χ0v) is 18.4. The number of aromatic nitrogens is 4. The van der Waals surface area contributed by atoms with E-state index >= 15 is 0 Å². The van der Waals surface area contributed by atoms with E-state index in [0.29, 0.717) is 33.6 Å². The number of hydrogen-bond donors (Lipinski definition) is 1. The quantitative estimate of drug-likeness (QED) is 0.424. The Bertz CT molecular complexity index is 1380. The van der Waals surface area contributed by atoms with E-state index in [1.54, 1.807) is 37.4 Å². The van der Waals surface area contributed by atoms with E-state index in [0.717, 1.165) is 0 Å². The van der Waals surface area contributed by atoms with Gasteiger partial charge in [-0.2, -0.15) is 13.9 Å². The van der Waals surface area contributed by atoms with Gasteiger partial charge in [-0.3, -0.25) is 18.8 Å². The van der Waals surface area contributed by atoms with Crippen LogP contribution in [0.15, 0.2) is 59.8 Å². The second-order valence-corrected chi connectivity index (χ2v) is 7.36. The predicted molar refractivity (Wildman–Crippen MR) is 121 cm³/mol. The van der Waals surface area contributed by atoms with Crippen LogP contribution >= 0.6 is 0 Å². The standard InChI is InChI=1S/C23H21F2N5O4/c1-29-21-18(12-27-29)22(32)30(13-26-21)10-9-20(31)28-15-5-8-19(34-23(24)25)17(11-15)14-3-6-16(33-2)7-4-14/h3-8,11-13,23H,9-10H2,1-2H3,(H,28,31). The fraction of sp³-hybridized carbons (Fsp3) is 0.217. The largest absolute Gasteiger partial charge is 0.497 e. The van der Waals surface area contributed by atoms with E-state index in [9.17, 15) is 18.4 Å². The Kier molecular flexibility index (Phi) is 6.53. The monoisotopic (exact) mass is 469 g/mol. The lowest BCUT2D eigenvalue weighted by atomic mass is 10.0. The maximum Gasteiger partial charge on any atom is 0.387 e. The van der Waals surface area contributed by atoms with E-state index in [1.165, 1.54) is 41.0 Å². The summed E-state index contributed by atoms with van der Waals surface area (Å²) in [7, 11) is 3.21. The van der Waals surface area contributed by atoms with Crippen molar-refractivity contribution in [2.75, 3.05) is 12.4 Å². The molecule has 0 fully saturated rings. The van der Waals surface area contributed by atoms with E-state index in [2.05, 4.69) is 20.1 Å². The van der Waals surface area contributed by atoms with Gasteiger partial charge in [0, 0.05) is 31.3 Å². The Morgan fingerprint density at radius 3 is 2.65 bits per heavy atom. The van der Waals surface area contributed by atoms with Gasteiger partial charge in [-0.25, -0.2) is 4.98 Å². The predicted octanol–water partition coefficient (Wildman–Crippen LogP) is 3.44. The maximum atomic E-state index is 12.9. The van der Waals surface area contributed by atoms with Crippen LogP contribution in [0.3, 0.4) is 0 Å². The highest BCUT2D eigenvalue weighted by Gasteiger charge is 2.14. The third kappa shape index (κ3) is 4.87. The van der Waals surface area contributed by atoms with Gasteiger partial charge in [-0.1, -0.05) is 12.1 Å². The molecule has 0 saturated carbocycles. The molecule has 11 heteroatoms. The third-order valence-corrected chi connectivity index (χ3v) is 5.18. The molecule has 0 unspecified atom stereocenters. The number of methoxy groups -OCH3 is 1. The second kappa shape index (κ2) is 9.69. The summed E-state index contributed by atoms with van der Waals surface area (Å²) in [6, 6.07) is 11.2. The Labute approximate surface area is 192 Å². The molecule has 0 radical (unpaired) electrons. The molecule has 0 aliphatic heterocycles. The normalized spacial score (nSPS) is 11.1. The van der Waals surface area contributed by atoms with E-state index < -0.39 is 6.61 Å². The van der Waals surface area contributed by atoms with Gasteiger partial charge in [0.15, 0.2) is 5.65 Å². The number of fused-ring (bicyclic) bond motifs is 1. The third-order valence-electron chi connectivity index (χ3n) is 5.18. The lowest BCUT2D eigenvalue weighted by Gasteiger charge is -2.14. The Hall–Kier alpha value is -4.28. The first-order chi connectivity index (χ1) is 16.4. The summed E-state index contributed by atoms with van der Waals surface area (Å²) in [5.74, 6) is 0.223. The number of benzene rings is 2. The molecule has 1 amide bonds. The van der Waals surface area contributed by atoms with Crippen molar-refractivity contribution in [2.24, 2.45) is 7.05 Å². The molecule has 2 aromatic heterocycles. The topological polar surface area (TPSA) is 100 Å². The number of carbonyl (C=O) groups excluding carboxylic acids is 1. The molecule has 0 spiro atoms. The molecule has 0 aliphatic carbocycles. The molecule has 1 N–H and O–H groups in total. The van der Waals surface area contributed by atoms with Crippen LogP contribution in [0.25, 0.3) is 22.2 Å². The second-order valence-electron chi connectivity index (χ2n) is 7.36. The number of halogens is 2. The van der Waals surface area contributed by atoms with Crippen LogP contribution in [0.1, 0.15) is 6.42 Å². The Morgan fingerprint density at radius 2 is 1.94 bits per heavy atom. The number of aryl methyl sites for hydroxylation is 2. The Balaban J connectivity index is 1.51. The van der Waals surface area contributed by atoms with Crippen molar-refractivity contribution < 1.29 is 23.0 Å². The maximum absolute atomic E-state index is 12.9. The summed E-state index contributed by atoms with van der Waals surface area (Å²) in [5, 5.41) is 7.11. The molecule has 2 heterocycles. The smallest absolute Gasteiger partial charge is 0.387 e. The van der Waals surface area contributed by atoms with Crippen LogP contribution in [-0.2, 0) is 18.4 Å². The van der Waals surface area contributed by atoms with Gasteiger partial charge < -0.3 is 14.8 Å². The highest BCUT2D eigenvalue weighted by Crippen LogP contribution is 2.34. The van der Waals surface area contributed by atoms with Gasteiger partial charge in [0.2, 0.25) is 5.91 Å². The SMILES string of the molecule is COc1ccc(-c2cc(NC(=O)CCn3cnc4c(cnn4C)c3=O)ccc2OC(F)F)cc1. The van der Waals surface area contributed by atoms with Crippen molar-refractivity contribution in [2.45, 2.75) is 19.6 Å². The number of hydrogen-bond acceptors (Lipinski definition) is 6. The lowest BCUT2D eigenvalue weighted by molar-refractivity contribution is -0.116. The van der Waals surface area contributed by atoms with Crippen LogP contribution in [0, 0.1) is 0 Å². The van der Waals surface area contributed by atoms with Crippen LogP contribution in [-0.4, -0.2) is 39.0 Å². The van der Waals surface area contributed by atoms with Crippen LogP contribution in [0.5, 0.6) is 11.5 Å². The number of ether oxygens (including phenoxy) is 2. The summed E-state index contributed by atoms with van der Waals surface area (Å²) in [4.78, 5) is 29.3. The van der Waals surface area contributed by atoms with Gasteiger partial charge in [-0.05, 0) is 35.9 Å². The summed E-state index contributed by atoms with van der Waals surface area (Å²) >= 11 is 0. The zero-order valence-electron chi connectivity index (χ0n) is 18.4. The first-order valence-corrected chi connectivity index (χ1v) is 10.3. The van der Waals surface area contributed by atoms with Crippen molar-refractivity contribution in [3.05, 3.63) is 65.3 Å². The first-order valence-electron chi connectivity index (χ1n) is 10.3. The minimum atomic E-state index is -3.00. The number of nitrogens with one attached hydrogen (secondary N) is 1. The van der Waals surface area contributed by atoms with Crippen molar-refractivity contribution in [3.63, 3.8) is 0 Å². The molecule has 0 aliphatic rings. The highest BCUT2D eigenvalue weighted by atomic mass is 19.3. The summed E-state index contributed by atoms with van der Waals surface area (Å²) in [6.07, 6.45) is 2.81. The molecule has 4 aromatic rings. The van der Waals surface area contributed by atoms with Crippen LogP contribution in [0.4, 0.5) is 14.5 Å². The van der Waals surface area contributed by atoms with Crippen LogP contribution in [0.2, 0.25) is 0 Å². The Morgan fingerprint density at radius 1 is 1.18 bits per heavy atom. The van der Waals surface area contributed by atoms with Gasteiger partial charge >= 0.3 is 6.61 Å². The minimum Gasteiger partial charge on any atom is -0.497 e. The average Bonchev–Trinajstić information content (AvgIpc) is 3.21. The molecule has 2 aromatic carbocycles. The highest BCUT2D eigenvalue weighted by molar-refractivity contribution is 5.92.